The van der Waals surface area contributed by atoms with Gasteiger partial charge in [-0.05, 0) is 62.1 Å². The number of pyridine rings is 2. The van der Waals surface area contributed by atoms with Crippen LogP contribution in [-0.4, -0.2) is 16.5 Å². The lowest BCUT2D eigenvalue weighted by Gasteiger charge is -2.20. The molecule has 1 atom stereocenters. The molecule has 0 spiro atoms. The monoisotopic (exact) mass is 269 g/mol. The number of nitrogens with zero attached hydrogens (tertiary/aromatic N) is 2. The molecule has 2 aromatic heterocycles. The van der Waals surface area contributed by atoms with Crippen molar-refractivity contribution in [3.8, 4) is 0 Å². The van der Waals surface area contributed by atoms with Gasteiger partial charge in [0.05, 0.1) is 11.7 Å². The number of aromatic nitrogens is 2. The molecule has 0 aromatic carbocycles. The van der Waals surface area contributed by atoms with Crippen LogP contribution >= 0.6 is 0 Å². The van der Waals surface area contributed by atoms with Crippen molar-refractivity contribution in [2.75, 3.05) is 6.54 Å². The summed E-state index contributed by atoms with van der Waals surface area (Å²) in [5.41, 5.74) is 4.91. The number of hydrogen-bond donors (Lipinski definition) is 1. The van der Waals surface area contributed by atoms with Crippen molar-refractivity contribution in [2.45, 2.75) is 39.7 Å². The van der Waals surface area contributed by atoms with Crippen molar-refractivity contribution in [3.63, 3.8) is 0 Å². The van der Waals surface area contributed by atoms with Crippen molar-refractivity contribution >= 4 is 0 Å². The van der Waals surface area contributed by atoms with Gasteiger partial charge in [-0.15, -0.1) is 0 Å². The first kappa shape index (κ1) is 14.7. The van der Waals surface area contributed by atoms with E-state index in [2.05, 4.69) is 54.3 Å². The van der Waals surface area contributed by atoms with Crippen LogP contribution in [-0.2, 0) is 6.42 Å². The SMILES string of the molecule is CCCNC(Cc1ccncc1)c1ncc(C)cc1C. The molecule has 106 valence electrons. The van der Waals surface area contributed by atoms with Gasteiger partial charge in [0.25, 0.3) is 0 Å². The third-order valence-corrected chi connectivity index (χ3v) is 3.42. The zero-order chi connectivity index (χ0) is 14.4. The minimum absolute atomic E-state index is 0.262. The third kappa shape index (κ3) is 3.87. The molecule has 3 heteroatoms. The van der Waals surface area contributed by atoms with Crippen LogP contribution in [0.15, 0.2) is 36.8 Å². The van der Waals surface area contributed by atoms with E-state index in [4.69, 9.17) is 0 Å². The Morgan fingerprint density at radius 3 is 2.60 bits per heavy atom. The molecule has 1 N–H and O–H groups in total. The quantitative estimate of drug-likeness (QED) is 0.873. The first-order chi connectivity index (χ1) is 9.70. The van der Waals surface area contributed by atoms with Crippen molar-refractivity contribution in [1.29, 1.82) is 0 Å². The van der Waals surface area contributed by atoms with E-state index in [-0.39, 0.29) is 6.04 Å². The Hall–Kier alpha value is -1.74. The van der Waals surface area contributed by atoms with Gasteiger partial charge in [-0.25, -0.2) is 0 Å². The summed E-state index contributed by atoms with van der Waals surface area (Å²) in [4.78, 5) is 8.73. The van der Waals surface area contributed by atoms with E-state index in [0.717, 1.165) is 25.1 Å². The standard InChI is InChI=1S/C17H23N3/c1-4-7-19-16(11-15-5-8-18-9-6-15)17-14(3)10-13(2)12-20-17/h5-6,8-10,12,16,19H,4,7,11H2,1-3H3. The van der Waals surface area contributed by atoms with E-state index >= 15 is 0 Å². The number of nitrogens with one attached hydrogen (secondary N) is 1. The van der Waals surface area contributed by atoms with Crippen LogP contribution in [0.25, 0.3) is 0 Å². The smallest absolute Gasteiger partial charge is 0.0605 e. The second-order valence-electron chi connectivity index (χ2n) is 5.28. The molecule has 0 radical (unpaired) electrons. The van der Waals surface area contributed by atoms with Gasteiger partial charge >= 0.3 is 0 Å². The lowest BCUT2D eigenvalue weighted by molar-refractivity contribution is 0.515. The Kier molecular flexibility index (Phi) is 5.24. The average molecular weight is 269 g/mol. The van der Waals surface area contributed by atoms with Crippen LogP contribution in [0.3, 0.4) is 0 Å². The summed E-state index contributed by atoms with van der Waals surface area (Å²) >= 11 is 0. The minimum atomic E-state index is 0.262. The summed E-state index contributed by atoms with van der Waals surface area (Å²) in [5.74, 6) is 0. The fourth-order valence-corrected chi connectivity index (χ4v) is 2.43. The molecule has 2 rings (SSSR count). The highest BCUT2D eigenvalue weighted by molar-refractivity contribution is 5.27. The maximum atomic E-state index is 4.65. The highest BCUT2D eigenvalue weighted by atomic mass is 14.9. The molecule has 0 saturated heterocycles. The topological polar surface area (TPSA) is 37.8 Å². The van der Waals surface area contributed by atoms with Gasteiger partial charge in [0.2, 0.25) is 0 Å². The largest absolute Gasteiger partial charge is 0.308 e. The predicted molar refractivity (Wildman–Crippen MR) is 82.7 cm³/mol. The number of hydrogen-bond acceptors (Lipinski definition) is 3. The maximum Gasteiger partial charge on any atom is 0.0605 e. The molecule has 20 heavy (non-hydrogen) atoms. The van der Waals surface area contributed by atoms with Crippen molar-refractivity contribution in [2.24, 2.45) is 0 Å². The number of aryl methyl sites for hydroxylation is 2. The molecule has 0 amide bonds. The zero-order valence-electron chi connectivity index (χ0n) is 12.6. The molecule has 0 aliphatic carbocycles. The first-order valence-corrected chi connectivity index (χ1v) is 7.26. The van der Waals surface area contributed by atoms with Crippen LogP contribution < -0.4 is 5.32 Å². The van der Waals surface area contributed by atoms with Crippen LogP contribution in [0.1, 0.15) is 41.8 Å². The predicted octanol–water partition coefficient (Wildman–Crippen LogP) is 3.38. The molecule has 0 saturated carbocycles. The van der Waals surface area contributed by atoms with Crippen molar-refractivity contribution < 1.29 is 0 Å². The van der Waals surface area contributed by atoms with E-state index in [1.54, 1.807) is 0 Å². The van der Waals surface area contributed by atoms with Gasteiger partial charge < -0.3 is 5.32 Å². The van der Waals surface area contributed by atoms with E-state index in [1.807, 2.05) is 18.6 Å². The fourth-order valence-electron chi connectivity index (χ4n) is 2.43. The van der Waals surface area contributed by atoms with Gasteiger partial charge in [-0.3, -0.25) is 9.97 Å². The molecular weight excluding hydrogens is 246 g/mol. The summed E-state index contributed by atoms with van der Waals surface area (Å²) in [6.45, 7) is 7.42. The van der Waals surface area contributed by atoms with E-state index in [1.165, 1.54) is 16.7 Å². The van der Waals surface area contributed by atoms with Crippen LogP contribution in [0.2, 0.25) is 0 Å². The first-order valence-electron chi connectivity index (χ1n) is 7.26. The second-order valence-corrected chi connectivity index (χ2v) is 5.28. The molecule has 2 heterocycles. The fraction of sp³-hybridized carbons (Fsp3) is 0.412. The molecule has 0 bridgehead atoms. The second kappa shape index (κ2) is 7.15. The lowest BCUT2D eigenvalue weighted by atomic mass is 9.99. The Labute approximate surface area is 121 Å². The summed E-state index contributed by atoms with van der Waals surface area (Å²) < 4.78 is 0. The molecule has 3 nitrogen and oxygen atoms in total. The van der Waals surface area contributed by atoms with Crippen LogP contribution in [0.5, 0.6) is 0 Å². The van der Waals surface area contributed by atoms with Gasteiger partial charge in [0.1, 0.15) is 0 Å². The third-order valence-electron chi connectivity index (χ3n) is 3.42. The van der Waals surface area contributed by atoms with Crippen LogP contribution in [0.4, 0.5) is 0 Å². The molecule has 0 aliphatic rings. The summed E-state index contributed by atoms with van der Waals surface area (Å²) in [7, 11) is 0. The zero-order valence-corrected chi connectivity index (χ0v) is 12.6. The Morgan fingerprint density at radius 2 is 1.95 bits per heavy atom. The van der Waals surface area contributed by atoms with E-state index in [9.17, 15) is 0 Å². The highest BCUT2D eigenvalue weighted by Gasteiger charge is 2.15. The maximum absolute atomic E-state index is 4.65. The molecule has 0 fully saturated rings. The van der Waals surface area contributed by atoms with Gasteiger partial charge in [0, 0.05) is 18.6 Å². The van der Waals surface area contributed by atoms with Gasteiger partial charge in [-0.1, -0.05) is 13.0 Å². The van der Waals surface area contributed by atoms with E-state index in [0.29, 0.717) is 0 Å². The summed E-state index contributed by atoms with van der Waals surface area (Å²) in [6.07, 6.45) is 7.72. The summed E-state index contributed by atoms with van der Waals surface area (Å²) in [6, 6.07) is 6.61. The Balaban J connectivity index is 2.22. The average Bonchev–Trinajstić information content (AvgIpc) is 2.45. The minimum Gasteiger partial charge on any atom is -0.308 e. The molecule has 0 aliphatic heterocycles. The van der Waals surface area contributed by atoms with E-state index < -0.39 is 0 Å². The lowest BCUT2D eigenvalue weighted by Crippen LogP contribution is -2.25. The van der Waals surface area contributed by atoms with Crippen molar-refractivity contribution in [3.05, 3.63) is 59.2 Å². The highest BCUT2D eigenvalue weighted by Crippen LogP contribution is 2.20. The van der Waals surface area contributed by atoms with Gasteiger partial charge in [0.15, 0.2) is 0 Å². The molecule has 2 aromatic rings. The molecular formula is C17H23N3. The Morgan fingerprint density at radius 1 is 1.20 bits per heavy atom. The van der Waals surface area contributed by atoms with Gasteiger partial charge in [-0.2, -0.15) is 0 Å². The normalized spacial score (nSPS) is 12.3. The van der Waals surface area contributed by atoms with Crippen LogP contribution in [0, 0.1) is 13.8 Å². The molecule has 1 unspecified atom stereocenters. The Bertz CT molecular complexity index is 537. The van der Waals surface area contributed by atoms with Crippen molar-refractivity contribution in [1.82, 2.24) is 15.3 Å². The summed E-state index contributed by atoms with van der Waals surface area (Å²) in [5, 5.41) is 3.61. The number of rotatable bonds is 6.